The highest BCUT2D eigenvalue weighted by Crippen LogP contribution is 2.48. The van der Waals surface area contributed by atoms with Crippen molar-refractivity contribution in [1.29, 1.82) is 0 Å². The Morgan fingerprint density at radius 2 is 1.80 bits per heavy atom. The predicted octanol–water partition coefficient (Wildman–Crippen LogP) is 9.29. The largest absolute Gasteiger partial charge is 0.472 e. The lowest BCUT2D eigenvalue weighted by molar-refractivity contribution is 0.0706. The number of fused-ring (bicyclic) bond motifs is 7. The van der Waals surface area contributed by atoms with Crippen LogP contribution in [0, 0.1) is 23.1 Å². The number of aromatic nitrogens is 3. The van der Waals surface area contributed by atoms with Gasteiger partial charge in [-0.1, -0.05) is 83.9 Å². The molecule has 4 aromatic rings. The fourth-order valence-electron chi connectivity index (χ4n) is 11.9. The minimum atomic E-state index is -2.31. The summed E-state index contributed by atoms with van der Waals surface area (Å²) in [5, 5.41) is 11.6. The van der Waals surface area contributed by atoms with Crippen LogP contribution in [0.2, 0.25) is 16.6 Å². The standard InChI is InChI=1S/C46H53F3N6O4Si/c1-24(2)60(25(3)4,26(5)6)17-16-32-34(48)14-12-29-10-9-11-33(36(29)32)39-38(49)40-37-42(52-44(51-40)58-23-46-18-27(7)20-53(46)21-30(47)19-46)54-22-31-13-15-35(55(31)45(56)57)41(54)28(8)59-43(37)50-39/h9-12,14,24-26,28,30-31,35,41H,7,13,15,18-23H2,1-6,8H3,(H,56,57)/t28?,30-,31?,35?,41?,46?/m0/s1. The molecule has 4 fully saturated rings. The van der Waals surface area contributed by atoms with Crippen LogP contribution in [0.1, 0.15) is 79.7 Å². The van der Waals surface area contributed by atoms with Crippen molar-refractivity contribution >= 4 is 41.7 Å². The number of pyridine rings is 1. The van der Waals surface area contributed by atoms with E-state index in [-0.39, 0.29) is 59.7 Å². The van der Waals surface area contributed by atoms with E-state index in [1.165, 1.54) is 11.0 Å². The highest BCUT2D eigenvalue weighted by atomic mass is 28.3. The molecule has 9 rings (SSSR count). The molecule has 10 nitrogen and oxygen atoms in total. The molecule has 0 saturated carbocycles. The highest BCUT2D eigenvalue weighted by molar-refractivity contribution is 6.90. The number of ether oxygens (including phenoxy) is 2. The molecule has 5 aliphatic rings. The molecular formula is C46H53F3N6O4Si. The molecule has 316 valence electrons. The zero-order valence-electron chi connectivity index (χ0n) is 35.4. The zero-order valence-corrected chi connectivity index (χ0v) is 36.4. The number of carboxylic acid groups (broad SMARTS) is 1. The first-order valence-electron chi connectivity index (χ1n) is 21.3. The van der Waals surface area contributed by atoms with Crippen molar-refractivity contribution in [3.05, 3.63) is 59.7 Å². The van der Waals surface area contributed by atoms with Gasteiger partial charge in [0.15, 0.2) is 5.82 Å². The molecule has 1 amide bonds. The quantitative estimate of drug-likeness (QED) is 0.111. The van der Waals surface area contributed by atoms with Gasteiger partial charge in [0.25, 0.3) is 0 Å². The number of halogens is 3. The molecule has 0 radical (unpaired) electrons. The van der Waals surface area contributed by atoms with E-state index in [0.29, 0.717) is 71.1 Å². The Hall–Kier alpha value is -4.87. The monoisotopic (exact) mass is 838 g/mol. The van der Waals surface area contributed by atoms with Crippen LogP contribution < -0.4 is 14.4 Å². The van der Waals surface area contributed by atoms with Gasteiger partial charge in [-0.15, -0.1) is 5.54 Å². The van der Waals surface area contributed by atoms with Crippen molar-refractivity contribution in [1.82, 2.24) is 24.8 Å². The molecule has 4 saturated heterocycles. The van der Waals surface area contributed by atoms with Crippen LogP contribution in [-0.4, -0.2) is 106 Å². The topological polar surface area (TPSA) is 104 Å². The first-order valence-corrected chi connectivity index (χ1v) is 23.6. The van der Waals surface area contributed by atoms with Crippen LogP contribution in [0.25, 0.3) is 32.9 Å². The van der Waals surface area contributed by atoms with Crippen LogP contribution in [0.5, 0.6) is 11.9 Å². The number of piperazine rings is 1. The summed E-state index contributed by atoms with van der Waals surface area (Å²) in [5.74, 6) is 2.47. The normalized spacial score (nSPS) is 26.1. The summed E-state index contributed by atoms with van der Waals surface area (Å²) in [4.78, 5) is 32.8. The summed E-state index contributed by atoms with van der Waals surface area (Å²) in [6.45, 7) is 20.5. The molecule has 7 heterocycles. The molecule has 0 spiro atoms. The van der Waals surface area contributed by atoms with E-state index < -0.39 is 55.7 Å². The van der Waals surface area contributed by atoms with E-state index in [2.05, 4.69) is 64.5 Å². The molecule has 5 unspecified atom stereocenters. The van der Waals surface area contributed by atoms with Gasteiger partial charge in [0.05, 0.1) is 29.2 Å². The third kappa shape index (κ3) is 6.16. The van der Waals surface area contributed by atoms with Crippen LogP contribution in [0.4, 0.5) is 23.8 Å². The number of anilines is 1. The van der Waals surface area contributed by atoms with E-state index in [0.717, 1.165) is 5.57 Å². The second-order valence-electron chi connectivity index (χ2n) is 18.7. The molecule has 0 aliphatic carbocycles. The van der Waals surface area contributed by atoms with Gasteiger partial charge in [0.1, 0.15) is 55.2 Å². The summed E-state index contributed by atoms with van der Waals surface area (Å²) in [6.07, 6.45) is -0.499. The van der Waals surface area contributed by atoms with Gasteiger partial charge in [-0.2, -0.15) is 9.97 Å². The Kier molecular flexibility index (Phi) is 9.89. The lowest BCUT2D eigenvalue weighted by atomic mass is 9.93. The second-order valence-corrected chi connectivity index (χ2v) is 24.3. The Balaban J connectivity index is 1.25. The first kappa shape index (κ1) is 40.5. The van der Waals surface area contributed by atoms with Crippen LogP contribution in [0.3, 0.4) is 0 Å². The molecule has 2 aromatic carbocycles. The summed E-state index contributed by atoms with van der Waals surface area (Å²) in [6, 6.07) is 7.13. The number of nitrogens with zero attached hydrogens (tertiary/aromatic N) is 6. The van der Waals surface area contributed by atoms with E-state index in [1.807, 2.05) is 17.9 Å². The van der Waals surface area contributed by atoms with Crippen molar-refractivity contribution in [3.63, 3.8) is 0 Å². The van der Waals surface area contributed by atoms with Gasteiger partial charge < -0.3 is 19.5 Å². The van der Waals surface area contributed by atoms with E-state index in [1.54, 1.807) is 18.2 Å². The molecule has 6 atom stereocenters. The first-order chi connectivity index (χ1) is 28.5. The summed E-state index contributed by atoms with van der Waals surface area (Å²) >= 11 is 0. The maximum atomic E-state index is 17.8. The van der Waals surface area contributed by atoms with E-state index in [4.69, 9.17) is 24.4 Å². The second kappa shape index (κ2) is 14.6. The predicted molar refractivity (Wildman–Crippen MR) is 229 cm³/mol. The third-order valence-electron chi connectivity index (χ3n) is 14.4. The maximum absolute atomic E-state index is 17.8. The lowest BCUT2D eigenvalue weighted by Crippen LogP contribution is -2.64. The average molecular weight is 839 g/mol. The lowest BCUT2D eigenvalue weighted by Gasteiger charge is -2.47. The van der Waals surface area contributed by atoms with Crippen LogP contribution in [0.15, 0.2) is 42.5 Å². The third-order valence-corrected chi connectivity index (χ3v) is 20.7. The minimum absolute atomic E-state index is 0.0662. The molecular weight excluding hydrogens is 786 g/mol. The van der Waals surface area contributed by atoms with Gasteiger partial charge in [0.2, 0.25) is 5.88 Å². The number of carbonyl (C=O) groups is 1. The summed E-state index contributed by atoms with van der Waals surface area (Å²) < 4.78 is 62.0. The molecule has 60 heavy (non-hydrogen) atoms. The van der Waals surface area contributed by atoms with Crippen LogP contribution >= 0.6 is 0 Å². The number of hydrogen-bond acceptors (Lipinski definition) is 8. The van der Waals surface area contributed by atoms with E-state index in [9.17, 15) is 14.3 Å². The van der Waals surface area contributed by atoms with Crippen molar-refractivity contribution in [2.24, 2.45) is 0 Å². The number of amides is 1. The Morgan fingerprint density at radius 3 is 2.52 bits per heavy atom. The van der Waals surface area contributed by atoms with Crippen LogP contribution in [-0.2, 0) is 0 Å². The molecule has 5 aliphatic heterocycles. The fraction of sp³-hybridized carbons (Fsp3) is 0.522. The zero-order chi connectivity index (χ0) is 42.6. The van der Waals surface area contributed by atoms with Crippen molar-refractivity contribution in [2.45, 2.75) is 127 Å². The van der Waals surface area contributed by atoms with Gasteiger partial charge in [-0.25, -0.2) is 22.9 Å². The van der Waals surface area contributed by atoms with Gasteiger partial charge in [-0.3, -0.25) is 9.80 Å². The average Bonchev–Trinajstić information content (AvgIpc) is 3.75. The van der Waals surface area contributed by atoms with Gasteiger partial charge in [0, 0.05) is 37.0 Å². The fourth-order valence-corrected chi connectivity index (χ4v) is 17.1. The highest BCUT2D eigenvalue weighted by Gasteiger charge is 2.54. The van der Waals surface area contributed by atoms with E-state index >= 15 is 8.78 Å². The van der Waals surface area contributed by atoms with Crippen molar-refractivity contribution in [3.8, 4) is 34.6 Å². The molecule has 14 heteroatoms. The van der Waals surface area contributed by atoms with Crippen molar-refractivity contribution in [2.75, 3.05) is 31.1 Å². The Bertz CT molecular complexity index is 2490. The van der Waals surface area contributed by atoms with Gasteiger partial charge >= 0.3 is 12.1 Å². The van der Waals surface area contributed by atoms with Gasteiger partial charge in [-0.05, 0) is 54.3 Å². The van der Waals surface area contributed by atoms with Crippen molar-refractivity contribution < 1.29 is 32.5 Å². The number of rotatable bonds is 7. The Morgan fingerprint density at radius 1 is 1.05 bits per heavy atom. The number of benzene rings is 2. The minimum Gasteiger partial charge on any atom is -0.472 e. The molecule has 2 aromatic heterocycles. The Labute approximate surface area is 350 Å². The number of alkyl halides is 1. The smallest absolute Gasteiger partial charge is 0.407 e. The maximum Gasteiger partial charge on any atom is 0.407 e. The summed E-state index contributed by atoms with van der Waals surface area (Å²) in [5.41, 5.74) is 5.27. The molecule has 1 N–H and O–H groups in total. The molecule has 2 bridgehead atoms. The SMILES string of the molecule is C=C1CN2C[C@@H](F)CC2(COc2nc3c4c(nc(-c5cccc6ccc(F)c(C#C[Si](C(C)C)(C(C)C)C(C)C)c56)c(F)c4n2)OC(C)C2C4CCC(CN32)N4C(=O)O)C1. The number of hydrogen-bond donors (Lipinski definition) is 1. The summed E-state index contributed by atoms with van der Waals surface area (Å²) in [7, 11) is -2.31.